The van der Waals surface area contributed by atoms with Crippen LogP contribution in [0, 0.1) is 5.92 Å². The molecule has 2 nitrogen and oxygen atoms in total. The summed E-state index contributed by atoms with van der Waals surface area (Å²) < 4.78 is 5.76. The third-order valence-corrected chi connectivity index (χ3v) is 5.10. The van der Waals surface area contributed by atoms with Crippen molar-refractivity contribution in [1.29, 1.82) is 0 Å². The van der Waals surface area contributed by atoms with Crippen molar-refractivity contribution in [2.75, 3.05) is 6.61 Å². The van der Waals surface area contributed by atoms with Gasteiger partial charge in [-0.3, -0.25) is 0 Å². The minimum Gasteiger partial charge on any atom is -0.378 e. The van der Waals surface area contributed by atoms with Crippen molar-refractivity contribution >= 4 is 0 Å². The Morgan fingerprint density at radius 3 is 2.05 bits per heavy atom. The number of rotatable bonds is 13. The molecule has 0 aromatic carbocycles. The largest absolute Gasteiger partial charge is 0.378 e. The monoisotopic (exact) mass is 297 g/mol. The van der Waals surface area contributed by atoms with E-state index in [0.29, 0.717) is 18.1 Å². The van der Waals surface area contributed by atoms with Crippen LogP contribution >= 0.6 is 0 Å². The molecule has 1 fully saturated rings. The lowest BCUT2D eigenvalue weighted by Crippen LogP contribution is -2.35. The highest BCUT2D eigenvalue weighted by Crippen LogP contribution is 2.27. The minimum atomic E-state index is 0.367. The molecule has 3 unspecified atom stereocenters. The number of nitrogens with two attached hydrogens (primary N) is 1. The standard InChI is InChI=1S/C19H39NO/c1-3-5-6-7-8-9-10-11-12-13-14-18(20)17-15-16-21-19(17)4-2/h17-19H,3-16,20H2,1-2H3. The molecule has 0 bridgehead atoms. The van der Waals surface area contributed by atoms with Gasteiger partial charge in [-0.1, -0.05) is 78.1 Å². The highest BCUT2D eigenvalue weighted by atomic mass is 16.5. The summed E-state index contributed by atoms with van der Waals surface area (Å²) in [5.41, 5.74) is 6.37. The minimum absolute atomic E-state index is 0.367. The van der Waals surface area contributed by atoms with Gasteiger partial charge in [0.1, 0.15) is 0 Å². The van der Waals surface area contributed by atoms with E-state index in [2.05, 4.69) is 13.8 Å². The summed E-state index contributed by atoms with van der Waals surface area (Å²) in [6.07, 6.45) is 18.0. The highest BCUT2D eigenvalue weighted by Gasteiger charge is 2.31. The summed E-state index contributed by atoms with van der Waals surface area (Å²) in [5.74, 6) is 0.619. The molecule has 126 valence electrons. The molecule has 3 atom stereocenters. The van der Waals surface area contributed by atoms with Crippen LogP contribution in [0.4, 0.5) is 0 Å². The molecule has 1 saturated heterocycles. The van der Waals surface area contributed by atoms with E-state index < -0.39 is 0 Å². The molecule has 0 aliphatic carbocycles. The first-order chi connectivity index (χ1) is 10.3. The molecule has 0 aromatic rings. The van der Waals surface area contributed by atoms with Gasteiger partial charge in [0.2, 0.25) is 0 Å². The van der Waals surface area contributed by atoms with Gasteiger partial charge in [0.05, 0.1) is 6.10 Å². The van der Waals surface area contributed by atoms with Crippen LogP contribution in [-0.2, 0) is 4.74 Å². The first-order valence-electron chi connectivity index (χ1n) is 9.66. The van der Waals surface area contributed by atoms with Gasteiger partial charge < -0.3 is 10.5 Å². The molecular formula is C19H39NO. The molecule has 21 heavy (non-hydrogen) atoms. The Morgan fingerprint density at radius 1 is 0.905 bits per heavy atom. The summed E-state index contributed by atoms with van der Waals surface area (Å²) in [5, 5.41) is 0. The Labute approximate surface area is 133 Å². The van der Waals surface area contributed by atoms with Gasteiger partial charge in [0, 0.05) is 18.6 Å². The molecule has 0 amide bonds. The fraction of sp³-hybridized carbons (Fsp3) is 1.00. The average molecular weight is 298 g/mol. The third kappa shape index (κ3) is 8.21. The maximum absolute atomic E-state index is 6.37. The van der Waals surface area contributed by atoms with Crippen LogP contribution < -0.4 is 5.73 Å². The van der Waals surface area contributed by atoms with Crippen LogP contribution in [0.5, 0.6) is 0 Å². The van der Waals surface area contributed by atoms with E-state index >= 15 is 0 Å². The number of ether oxygens (including phenoxy) is 1. The normalized spacial score (nSPS) is 23.6. The zero-order chi connectivity index (χ0) is 15.3. The van der Waals surface area contributed by atoms with E-state index in [4.69, 9.17) is 10.5 Å². The Bertz CT molecular complexity index is 232. The van der Waals surface area contributed by atoms with Gasteiger partial charge in [0.25, 0.3) is 0 Å². The van der Waals surface area contributed by atoms with Crippen molar-refractivity contribution in [2.24, 2.45) is 11.7 Å². The quantitative estimate of drug-likeness (QED) is 0.459. The van der Waals surface area contributed by atoms with Crippen LogP contribution in [0.15, 0.2) is 0 Å². The second-order valence-corrected chi connectivity index (χ2v) is 6.90. The van der Waals surface area contributed by atoms with Crippen molar-refractivity contribution in [1.82, 2.24) is 0 Å². The molecule has 1 heterocycles. The van der Waals surface area contributed by atoms with Crippen molar-refractivity contribution in [3.8, 4) is 0 Å². The van der Waals surface area contributed by atoms with Gasteiger partial charge in [-0.05, 0) is 19.3 Å². The Balaban J connectivity index is 1.89. The molecular weight excluding hydrogens is 258 g/mol. The van der Waals surface area contributed by atoms with Crippen LogP contribution in [0.25, 0.3) is 0 Å². The molecule has 1 aliphatic heterocycles. The van der Waals surface area contributed by atoms with Crippen molar-refractivity contribution < 1.29 is 4.74 Å². The van der Waals surface area contributed by atoms with E-state index in [1.54, 1.807) is 0 Å². The molecule has 2 heteroatoms. The SMILES string of the molecule is CCCCCCCCCCCCC(N)C1CCOC1CC. The first-order valence-corrected chi connectivity index (χ1v) is 9.66. The van der Waals surface area contributed by atoms with Crippen LogP contribution in [0.3, 0.4) is 0 Å². The lowest BCUT2D eigenvalue weighted by Gasteiger charge is -2.23. The lowest BCUT2D eigenvalue weighted by atomic mass is 9.88. The Hall–Kier alpha value is -0.0800. The van der Waals surface area contributed by atoms with Crippen molar-refractivity contribution in [3.05, 3.63) is 0 Å². The Morgan fingerprint density at radius 2 is 1.48 bits per heavy atom. The number of unbranched alkanes of at least 4 members (excludes halogenated alkanes) is 9. The molecule has 0 spiro atoms. The van der Waals surface area contributed by atoms with Crippen LogP contribution in [0.1, 0.15) is 97.3 Å². The van der Waals surface area contributed by atoms with E-state index in [1.165, 1.54) is 77.0 Å². The predicted octanol–water partition coefficient (Wildman–Crippen LogP) is 5.44. The fourth-order valence-corrected chi connectivity index (χ4v) is 3.66. The van der Waals surface area contributed by atoms with Crippen molar-refractivity contribution in [2.45, 2.75) is 109 Å². The average Bonchev–Trinajstić information content (AvgIpc) is 2.97. The smallest absolute Gasteiger partial charge is 0.0616 e. The summed E-state index contributed by atoms with van der Waals surface area (Å²) in [7, 11) is 0. The van der Waals surface area contributed by atoms with Gasteiger partial charge in [-0.2, -0.15) is 0 Å². The summed E-state index contributed by atoms with van der Waals surface area (Å²) in [4.78, 5) is 0. The molecule has 1 rings (SSSR count). The number of hydrogen-bond acceptors (Lipinski definition) is 2. The molecule has 0 aromatic heterocycles. The summed E-state index contributed by atoms with van der Waals surface area (Å²) in [6, 6.07) is 0.367. The molecule has 0 radical (unpaired) electrons. The van der Waals surface area contributed by atoms with Crippen molar-refractivity contribution in [3.63, 3.8) is 0 Å². The van der Waals surface area contributed by atoms with E-state index in [-0.39, 0.29) is 0 Å². The highest BCUT2D eigenvalue weighted by molar-refractivity contribution is 4.83. The summed E-state index contributed by atoms with van der Waals surface area (Å²) >= 11 is 0. The first kappa shape index (κ1) is 19.0. The molecule has 1 aliphatic rings. The number of hydrogen-bond donors (Lipinski definition) is 1. The third-order valence-electron chi connectivity index (χ3n) is 5.10. The zero-order valence-corrected chi connectivity index (χ0v) is 14.6. The Kier molecular flexibility index (Phi) is 11.3. The molecule has 2 N–H and O–H groups in total. The topological polar surface area (TPSA) is 35.2 Å². The second kappa shape index (κ2) is 12.5. The van der Waals surface area contributed by atoms with Crippen LogP contribution in [-0.4, -0.2) is 18.8 Å². The summed E-state index contributed by atoms with van der Waals surface area (Å²) in [6.45, 7) is 5.43. The van der Waals surface area contributed by atoms with E-state index in [0.717, 1.165) is 13.0 Å². The van der Waals surface area contributed by atoms with E-state index in [9.17, 15) is 0 Å². The predicted molar refractivity (Wildman–Crippen MR) is 92.6 cm³/mol. The van der Waals surface area contributed by atoms with E-state index in [1.807, 2.05) is 0 Å². The van der Waals surface area contributed by atoms with Gasteiger partial charge in [-0.25, -0.2) is 0 Å². The maximum Gasteiger partial charge on any atom is 0.0616 e. The maximum atomic E-state index is 6.37. The second-order valence-electron chi connectivity index (χ2n) is 6.90. The van der Waals surface area contributed by atoms with Gasteiger partial charge in [-0.15, -0.1) is 0 Å². The van der Waals surface area contributed by atoms with Crippen LogP contribution in [0.2, 0.25) is 0 Å². The lowest BCUT2D eigenvalue weighted by molar-refractivity contribution is 0.0803. The zero-order valence-electron chi connectivity index (χ0n) is 14.6. The molecule has 0 saturated carbocycles. The van der Waals surface area contributed by atoms with Gasteiger partial charge in [0.15, 0.2) is 0 Å². The fourth-order valence-electron chi connectivity index (χ4n) is 3.66. The van der Waals surface area contributed by atoms with Gasteiger partial charge >= 0.3 is 0 Å².